The third-order valence-electron chi connectivity index (χ3n) is 1.90. The SMILES string of the molecule is CC1CCC1NC=O. The largest absolute Gasteiger partial charge is 0.356 e. The molecule has 0 heterocycles. The fourth-order valence-electron chi connectivity index (χ4n) is 1.00. The maximum Gasteiger partial charge on any atom is 0.207 e. The number of nitrogens with one attached hydrogen (secondary N) is 1. The van der Waals surface area contributed by atoms with Crippen molar-refractivity contribution in [2.75, 3.05) is 0 Å². The summed E-state index contributed by atoms with van der Waals surface area (Å²) in [6.07, 6.45) is 3.23. The Morgan fingerprint density at radius 1 is 1.62 bits per heavy atom. The van der Waals surface area contributed by atoms with E-state index in [9.17, 15) is 4.79 Å². The van der Waals surface area contributed by atoms with Crippen molar-refractivity contribution < 1.29 is 4.79 Å². The van der Waals surface area contributed by atoms with Crippen LogP contribution in [0.4, 0.5) is 0 Å². The second-order valence-electron chi connectivity index (χ2n) is 2.45. The van der Waals surface area contributed by atoms with Crippen LogP contribution in [0.15, 0.2) is 0 Å². The minimum Gasteiger partial charge on any atom is -0.356 e. The van der Waals surface area contributed by atoms with Crippen LogP contribution >= 0.6 is 0 Å². The smallest absolute Gasteiger partial charge is 0.207 e. The summed E-state index contributed by atoms with van der Waals surface area (Å²) in [5.74, 6) is 0.709. The monoisotopic (exact) mass is 113 g/mol. The van der Waals surface area contributed by atoms with Crippen molar-refractivity contribution in [3.05, 3.63) is 0 Å². The molecule has 1 N–H and O–H groups in total. The van der Waals surface area contributed by atoms with E-state index in [-0.39, 0.29) is 0 Å². The first kappa shape index (κ1) is 5.60. The highest BCUT2D eigenvalue weighted by molar-refractivity contribution is 5.47. The Kier molecular flexibility index (Phi) is 1.51. The molecule has 1 saturated carbocycles. The lowest BCUT2D eigenvalue weighted by molar-refractivity contribution is -0.111. The highest BCUT2D eigenvalue weighted by Gasteiger charge is 2.25. The van der Waals surface area contributed by atoms with Crippen LogP contribution in [0.25, 0.3) is 0 Å². The van der Waals surface area contributed by atoms with E-state index in [2.05, 4.69) is 12.2 Å². The lowest BCUT2D eigenvalue weighted by atomic mass is 9.81. The van der Waals surface area contributed by atoms with E-state index in [1.54, 1.807) is 0 Å². The van der Waals surface area contributed by atoms with E-state index < -0.39 is 0 Å². The van der Waals surface area contributed by atoms with E-state index in [4.69, 9.17) is 0 Å². The van der Waals surface area contributed by atoms with Gasteiger partial charge in [0.25, 0.3) is 0 Å². The number of carbonyl (C=O) groups excluding carboxylic acids is 1. The van der Waals surface area contributed by atoms with Gasteiger partial charge in [-0.1, -0.05) is 6.92 Å². The topological polar surface area (TPSA) is 29.1 Å². The van der Waals surface area contributed by atoms with Crippen molar-refractivity contribution in [1.82, 2.24) is 5.32 Å². The molecule has 1 aliphatic rings. The van der Waals surface area contributed by atoms with Gasteiger partial charge in [-0.15, -0.1) is 0 Å². The third-order valence-corrected chi connectivity index (χ3v) is 1.90. The summed E-state index contributed by atoms with van der Waals surface area (Å²) in [5.41, 5.74) is 0. The van der Waals surface area contributed by atoms with Gasteiger partial charge in [-0.2, -0.15) is 0 Å². The summed E-state index contributed by atoms with van der Waals surface area (Å²) in [4.78, 5) is 9.84. The Balaban J connectivity index is 2.16. The molecule has 46 valence electrons. The van der Waals surface area contributed by atoms with E-state index in [0.717, 1.165) is 6.41 Å². The van der Waals surface area contributed by atoms with Crippen molar-refractivity contribution in [2.24, 2.45) is 5.92 Å². The number of carbonyl (C=O) groups is 1. The average Bonchev–Trinajstić information content (AvgIpc) is 1.79. The van der Waals surface area contributed by atoms with Gasteiger partial charge in [0.15, 0.2) is 0 Å². The van der Waals surface area contributed by atoms with E-state index in [0.29, 0.717) is 12.0 Å². The van der Waals surface area contributed by atoms with Crippen LogP contribution < -0.4 is 5.32 Å². The van der Waals surface area contributed by atoms with Gasteiger partial charge in [-0.05, 0) is 18.8 Å². The highest BCUT2D eigenvalue weighted by Crippen LogP contribution is 2.25. The van der Waals surface area contributed by atoms with Gasteiger partial charge in [-0.25, -0.2) is 0 Å². The molecule has 2 heteroatoms. The molecular weight excluding hydrogens is 102 g/mol. The van der Waals surface area contributed by atoms with Crippen molar-refractivity contribution in [1.29, 1.82) is 0 Å². The zero-order valence-electron chi connectivity index (χ0n) is 5.05. The number of amides is 1. The van der Waals surface area contributed by atoms with Crippen LogP contribution in [-0.4, -0.2) is 12.5 Å². The predicted molar refractivity (Wildman–Crippen MR) is 31.4 cm³/mol. The lowest BCUT2D eigenvalue weighted by Gasteiger charge is -2.32. The summed E-state index contributed by atoms with van der Waals surface area (Å²) in [6, 6.07) is 0.479. The molecule has 1 fully saturated rings. The van der Waals surface area contributed by atoms with Crippen molar-refractivity contribution in [3.8, 4) is 0 Å². The molecule has 0 aromatic carbocycles. The Morgan fingerprint density at radius 2 is 2.38 bits per heavy atom. The Bertz CT molecular complexity index is 92.5. The number of hydrogen-bond donors (Lipinski definition) is 1. The van der Waals surface area contributed by atoms with Crippen molar-refractivity contribution in [2.45, 2.75) is 25.8 Å². The van der Waals surface area contributed by atoms with Crippen LogP contribution in [0.2, 0.25) is 0 Å². The van der Waals surface area contributed by atoms with Gasteiger partial charge < -0.3 is 5.32 Å². The van der Waals surface area contributed by atoms with Gasteiger partial charge in [0, 0.05) is 6.04 Å². The summed E-state index contributed by atoms with van der Waals surface area (Å²) >= 11 is 0. The van der Waals surface area contributed by atoms with Crippen molar-refractivity contribution >= 4 is 6.41 Å². The summed E-state index contributed by atoms with van der Waals surface area (Å²) in [6.45, 7) is 2.16. The summed E-state index contributed by atoms with van der Waals surface area (Å²) in [5, 5.41) is 2.75. The second-order valence-corrected chi connectivity index (χ2v) is 2.45. The van der Waals surface area contributed by atoms with Crippen molar-refractivity contribution in [3.63, 3.8) is 0 Å². The molecule has 0 spiro atoms. The zero-order valence-corrected chi connectivity index (χ0v) is 5.05. The second kappa shape index (κ2) is 2.16. The molecule has 2 unspecified atom stereocenters. The molecule has 2 nitrogen and oxygen atoms in total. The molecule has 0 aliphatic heterocycles. The maximum absolute atomic E-state index is 9.84. The molecule has 0 bridgehead atoms. The Labute approximate surface area is 49.3 Å². The molecule has 2 atom stereocenters. The van der Waals surface area contributed by atoms with Crippen LogP contribution in [0.3, 0.4) is 0 Å². The third kappa shape index (κ3) is 0.831. The van der Waals surface area contributed by atoms with E-state index in [1.165, 1.54) is 12.8 Å². The highest BCUT2D eigenvalue weighted by atomic mass is 16.1. The quantitative estimate of drug-likeness (QED) is 0.520. The molecule has 0 aromatic rings. The van der Waals surface area contributed by atoms with Gasteiger partial charge in [0.1, 0.15) is 0 Å². The molecule has 1 rings (SSSR count). The summed E-state index contributed by atoms with van der Waals surface area (Å²) in [7, 11) is 0. The molecule has 0 radical (unpaired) electrons. The normalized spacial score (nSPS) is 35.6. The molecule has 1 aliphatic carbocycles. The minimum atomic E-state index is 0.479. The van der Waals surface area contributed by atoms with E-state index >= 15 is 0 Å². The maximum atomic E-state index is 9.84. The van der Waals surface area contributed by atoms with Gasteiger partial charge in [-0.3, -0.25) is 4.79 Å². The molecular formula is C6H11NO. The molecule has 0 aromatic heterocycles. The molecule has 0 saturated heterocycles. The Hall–Kier alpha value is -0.530. The molecule has 1 amide bonds. The van der Waals surface area contributed by atoms with Crippen LogP contribution in [-0.2, 0) is 4.79 Å². The lowest BCUT2D eigenvalue weighted by Crippen LogP contribution is -2.41. The van der Waals surface area contributed by atoms with Crippen LogP contribution in [0.1, 0.15) is 19.8 Å². The van der Waals surface area contributed by atoms with E-state index in [1.807, 2.05) is 0 Å². The first-order valence-corrected chi connectivity index (χ1v) is 3.04. The molecule has 8 heavy (non-hydrogen) atoms. The zero-order chi connectivity index (χ0) is 5.98. The summed E-state index contributed by atoms with van der Waals surface area (Å²) < 4.78 is 0. The fraction of sp³-hybridized carbons (Fsp3) is 0.833. The minimum absolute atomic E-state index is 0.479. The first-order chi connectivity index (χ1) is 3.84. The average molecular weight is 113 g/mol. The Morgan fingerprint density at radius 3 is 2.50 bits per heavy atom. The van der Waals surface area contributed by atoms with Crippen LogP contribution in [0, 0.1) is 5.92 Å². The first-order valence-electron chi connectivity index (χ1n) is 3.04. The van der Waals surface area contributed by atoms with Crippen LogP contribution in [0.5, 0.6) is 0 Å². The van der Waals surface area contributed by atoms with Gasteiger partial charge in [0.05, 0.1) is 0 Å². The predicted octanol–water partition coefficient (Wildman–Crippen LogP) is 0.531. The standard InChI is InChI=1S/C6H11NO/c1-5-2-3-6(5)7-4-8/h4-6H,2-3H2,1H3,(H,7,8). The number of rotatable bonds is 2. The van der Waals surface area contributed by atoms with Gasteiger partial charge >= 0.3 is 0 Å². The number of hydrogen-bond acceptors (Lipinski definition) is 1. The fourth-order valence-corrected chi connectivity index (χ4v) is 1.00. The van der Waals surface area contributed by atoms with Gasteiger partial charge in [0.2, 0.25) is 6.41 Å².